The maximum Gasteiger partial charge on any atom is 0.329 e. The molecule has 0 aromatic heterocycles. The zero-order chi connectivity index (χ0) is 14.2. The fourth-order valence-electron chi connectivity index (χ4n) is 2.83. The van der Waals surface area contributed by atoms with Crippen LogP contribution in [0.3, 0.4) is 0 Å². The molecule has 0 unspecified atom stereocenters. The molecule has 3 N–H and O–H groups in total. The highest BCUT2D eigenvalue weighted by molar-refractivity contribution is 5.98. The van der Waals surface area contributed by atoms with Crippen LogP contribution in [-0.2, 0) is 11.2 Å². The lowest BCUT2D eigenvalue weighted by Gasteiger charge is -2.38. The molecule has 0 spiro atoms. The molecule has 0 saturated heterocycles. The fraction of sp³-hybridized carbons (Fsp3) is 0.467. The molecule has 5 heteroatoms. The minimum atomic E-state index is -1.05. The highest BCUT2D eigenvalue weighted by atomic mass is 16.4. The first-order valence-corrected chi connectivity index (χ1v) is 7.03. The normalized spacial score (nSPS) is 19.2. The molecule has 5 nitrogen and oxygen atoms in total. The van der Waals surface area contributed by atoms with E-state index >= 15 is 0 Å². The van der Waals surface area contributed by atoms with E-state index in [0.29, 0.717) is 18.4 Å². The number of carbonyl (C=O) groups is 2. The lowest BCUT2D eigenvalue weighted by molar-refractivity contribution is -0.148. The number of fused-ring (bicyclic) bond motifs is 1. The molecule has 1 amide bonds. The standard InChI is InChI=1S/C15H18N2O3/c18-13(17-15(14(19)20)6-2-7-15)11-4-5-12-10(9-11)3-1-8-16-12/h4-5,9,16H,1-3,6-8H2,(H,17,18)(H,19,20). The lowest BCUT2D eigenvalue weighted by Crippen LogP contribution is -2.59. The van der Waals surface area contributed by atoms with Crippen molar-refractivity contribution in [2.75, 3.05) is 11.9 Å². The Hall–Kier alpha value is -2.04. The molecule has 1 aromatic carbocycles. The van der Waals surface area contributed by atoms with Crippen LogP contribution >= 0.6 is 0 Å². The van der Waals surface area contributed by atoms with Crippen molar-refractivity contribution in [2.45, 2.75) is 37.6 Å². The van der Waals surface area contributed by atoms with Gasteiger partial charge in [0.25, 0.3) is 5.91 Å². The van der Waals surface area contributed by atoms with E-state index in [1.807, 2.05) is 12.1 Å². The predicted molar refractivity (Wildman–Crippen MR) is 74.9 cm³/mol. The summed E-state index contributed by atoms with van der Waals surface area (Å²) >= 11 is 0. The summed E-state index contributed by atoms with van der Waals surface area (Å²) in [5, 5.41) is 15.2. The number of hydrogen-bond donors (Lipinski definition) is 3. The zero-order valence-corrected chi connectivity index (χ0v) is 11.2. The van der Waals surface area contributed by atoms with Crippen LogP contribution in [0.25, 0.3) is 0 Å². The molecule has 1 fully saturated rings. The molecule has 106 valence electrons. The van der Waals surface area contributed by atoms with Gasteiger partial charge in [0.05, 0.1) is 0 Å². The number of hydrogen-bond acceptors (Lipinski definition) is 3. The number of aliphatic carboxylic acids is 1. The van der Waals surface area contributed by atoms with Gasteiger partial charge in [-0.1, -0.05) is 0 Å². The lowest BCUT2D eigenvalue weighted by atomic mass is 9.76. The van der Waals surface area contributed by atoms with E-state index < -0.39 is 11.5 Å². The third-order valence-electron chi connectivity index (χ3n) is 4.28. The molecular formula is C15H18N2O3. The number of carboxylic acids is 1. The Bertz CT molecular complexity index is 564. The Morgan fingerprint density at radius 3 is 2.70 bits per heavy atom. The summed E-state index contributed by atoms with van der Waals surface area (Å²) in [6.45, 7) is 0.959. The highest BCUT2D eigenvalue weighted by Gasteiger charge is 2.45. The smallest absolute Gasteiger partial charge is 0.329 e. The first-order valence-electron chi connectivity index (χ1n) is 7.03. The van der Waals surface area contributed by atoms with Crippen LogP contribution in [0.1, 0.15) is 41.6 Å². The molecule has 0 bridgehead atoms. The second-order valence-electron chi connectivity index (χ2n) is 5.60. The van der Waals surface area contributed by atoms with Gasteiger partial charge in [-0.15, -0.1) is 0 Å². The van der Waals surface area contributed by atoms with Gasteiger partial charge in [-0.05, 0) is 55.9 Å². The molecule has 20 heavy (non-hydrogen) atoms. The molecular weight excluding hydrogens is 256 g/mol. The first-order chi connectivity index (χ1) is 9.61. The molecule has 3 rings (SSSR count). The predicted octanol–water partition coefficient (Wildman–Crippen LogP) is 1.78. The van der Waals surface area contributed by atoms with Gasteiger partial charge in [0.2, 0.25) is 0 Å². The zero-order valence-electron chi connectivity index (χ0n) is 11.2. The van der Waals surface area contributed by atoms with Gasteiger partial charge in [0, 0.05) is 17.8 Å². The molecule has 1 heterocycles. The SMILES string of the molecule is O=C(NC1(C(=O)O)CCC1)c1ccc2c(c1)CCCN2. The quantitative estimate of drug-likeness (QED) is 0.785. The van der Waals surface area contributed by atoms with Gasteiger partial charge < -0.3 is 15.7 Å². The van der Waals surface area contributed by atoms with Crippen LogP contribution in [0.2, 0.25) is 0 Å². The van der Waals surface area contributed by atoms with E-state index in [1.54, 1.807) is 6.07 Å². The number of amides is 1. The van der Waals surface area contributed by atoms with Gasteiger partial charge in [0.1, 0.15) is 5.54 Å². The summed E-state index contributed by atoms with van der Waals surface area (Å²) in [5.74, 6) is -1.22. The minimum Gasteiger partial charge on any atom is -0.480 e. The second kappa shape index (κ2) is 4.81. The van der Waals surface area contributed by atoms with Crippen LogP contribution < -0.4 is 10.6 Å². The molecule has 1 saturated carbocycles. The minimum absolute atomic E-state index is 0.291. The van der Waals surface area contributed by atoms with Crippen molar-refractivity contribution in [3.05, 3.63) is 29.3 Å². The fourth-order valence-corrected chi connectivity index (χ4v) is 2.83. The summed E-state index contributed by atoms with van der Waals surface area (Å²) in [4.78, 5) is 23.5. The van der Waals surface area contributed by atoms with Crippen LogP contribution in [0.15, 0.2) is 18.2 Å². The van der Waals surface area contributed by atoms with E-state index in [2.05, 4.69) is 10.6 Å². The number of carbonyl (C=O) groups excluding carboxylic acids is 1. The molecule has 0 atom stereocenters. The number of anilines is 1. The average Bonchev–Trinajstić information content (AvgIpc) is 2.41. The topological polar surface area (TPSA) is 78.4 Å². The van der Waals surface area contributed by atoms with Crippen LogP contribution in [0.5, 0.6) is 0 Å². The summed E-state index contributed by atoms with van der Waals surface area (Å²) in [6, 6.07) is 5.52. The van der Waals surface area contributed by atoms with Crippen molar-refractivity contribution < 1.29 is 14.7 Å². The van der Waals surface area contributed by atoms with Crippen LogP contribution in [0.4, 0.5) is 5.69 Å². The Morgan fingerprint density at radius 2 is 2.05 bits per heavy atom. The molecule has 1 aliphatic carbocycles. The Balaban J connectivity index is 1.79. The van der Waals surface area contributed by atoms with Gasteiger partial charge in [-0.25, -0.2) is 4.79 Å². The van der Waals surface area contributed by atoms with Crippen molar-refractivity contribution in [3.63, 3.8) is 0 Å². The van der Waals surface area contributed by atoms with Crippen LogP contribution in [-0.4, -0.2) is 29.1 Å². The van der Waals surface area contributed by atoms with Crippen LogP contribution in [0, 0.1) is 0 Å². The Kier molecular flexibility index (Phi) is 3.12. The van der Waals surface area contributed by atoms with Gasteiger partial charge in [0.15, 0.2) is 0 Å². The number of benzene rings is 1. The van der Waals surface area contributed by atoms with Crippen molar-refractivity contribution >= 4 is 17.6 Å². The number of rotatable bonds is 3. The van der Waals surface area contributed by atoms with Crippen molar-refractivity contribution in [2.24, 2.45) is 0 Å². The second-order valence-corrected chi connectivity index (χ2v) is 5.60. The average molecular weight is 274 g/mol. The molecule has 1 aromatic rings. The summed E-state index contributed by atoms with van der Waals surface area (Å²) in [7, 11) is 0. The Morgan fingerprint density at radius 1 is 1.25 bits per heavy atom. The Labute approximate surface area is 117 Å². The highest BCUT2D eigenvalue weighted by Crippen LogP contribution is 2.32. The van der Waals surface area contributed by atoms with Crippen molar-refractivity contribution in [1.29, 1.82) is 0 Å². The van der Waals surface area contributed by atoms with E-state index in [-0.39, 0.29) is 5.91 Å². The number of aryl methyl sites for hydroxylation is 1. The molecule has 2 aliphatic rings. The maximum atomic E-state index is 12.2. The third kappa shape index (κ3) is 2.13. The van der Waals surface area contributed by atoms with Gasteiger partial charge in [-0.2, -0.15) is 0 Å². The van der Waals surface area contributed by atoms with Gasteiger partial charge in [-0.3, -0.25) is 4.79 Å². The van der Waals surface area contributed by atoms with E-state index in [4.69, 9.17) is 0 Å². The first kappa shape index (κ1) is 13.0. The van der Waals surface area contributed by atoms with E-state index in [9.17, 15) is 14.7 Å². The molecule has 1 aliphatic heterocycles. The molecule has 0 radical (unpaired) electrons. The monoisotopic (exact) mass is 274 g/mol. The van der Waals surface area contributed by atoms with E-state index in [1.165, 1.54) is 0 Å². The maximum absolute atomic E-state index is 12.2. The van der Waals surface area contributed by atoms with E-state index in [0.717, 1.165) is 37.1 Å². The number of nitrogens with one attached hydrogen (secondary N) is 2. The summed E-state index contributed by atoms with van der Waals surface area (Å²) in [5.41, 5.74) is 1.69. The van der Waals surface area contributed by atoms with Gasteiger partial charge >= 0.3 is 5.97 Å². The summed E-state index contributed by atoms with van der Waals surface area (Å²) in [6.07, 6.45) is 3.88. The third-order valence-corrected chi connectivity index (χ3v) is 4.28. The largest absolute Gasteiger partial charge is 0.480 e. The van der Waals surface area contributed by atoms with Crippen molar-refractivity contribution in [1.82, 2.24) is 5.32 Å². The number of carboxylic acid groups (broad SMARTS) is 1. The summed E-state index contributed by atoms with van der Waals surface area (Å²) < 4.78 is 0. The van der Waals surface area contributed by atoms with Crippen molar-refractivity contribution in [3.8, 4) is 0 Å².